The molecule has 2 fully saturated rings. The van der Waals surface area contributed by atoms with Gasteiger partial charge in [-0.25, -0.2) is 17.7 Å². The summed E-state index contributed by atoms with van der Waals surface area (Å²) in [5, 5.41) is 0. The van der Waals surface area contributed by atoms with Crippen molar-refractivity contribution in [3.05, 3.63) is 76.2 Å². The molecule has 38 heavy (non-hydrogen) atoms. The average molecular weight is 535 g/mol. The summed E-state index contributed by atoms with van der Waals surface area (Å²) < 4.78 is 27.6. The van der Waals surface area contributed by atoms with Crippen molar-refractivity contribution >= 4 is 15.9 Å². The van der Waals surface area contributed by atoms with Crippen molar-refractivity contribution < 1.29 is 13.2 Å². The van der Waals surface area contributed by atoms with Crippen molar-refractivity contribution in [1.82, 2.24) is 18.8 Å². The molecule has 0 N–H and O–H groups in total. The van der Waals surface area contributed by atoms with E-state index in [1.54, 1.807) is 10.6 Å². The van der Waals surface area contributed by atoms with Crippen LogP contribution in [0, 0.1) is 18.8 Å². The van der Waals surface area contributed by atoms with Crippen LogP contribution in [0.5, 0.6) is 0 Å². The standard InChI is InChI=1S/C29H34N4O4S/c1-20-15-27(34)33(18-22-13-14-32(17-22)29(35)25-11-12-25)28(30-20)24-9-7-23(8-10-24)26-6-4-5-21(16-26)19-38(36,37)31(2)3/h4-10,15-16,22,25H,11-14,17-19H2,1-3H3/t22-/m1/s1. The van der Waals surface area contributed by atoms with Gasteiger partial charge in [0, 0.05) is 57.0 Å². The highest BCUT2D eigenvalue weighted by Gasteiger charge is 2.36. The third-order valence-corrected chi connectivity index (χ3v) is 9.22. The maximum Gasteiger partial charge on any atom is 0.253 e. The number of carbonyl (C=O) groups excluding carboxylic acids is 1. The van der Waals surface area contributed by atoms with Crippen molar-refractivity contribution in [2.75, 3.05) is 27.2 Å². The lowest BCUT2D eigenvalue weighted by atomic mass is 10.0. The van der Waals surface area contributed by atoms with Crippen molar-refractivity contribution in [2.45, 2.75) is 38.5 Å². The molecule has 1 aliphatic carbocycles. The summed E-state index contributed by atoms with van der Waals surface area (Å²) >= 11 is 0. The topological polar surface area (TPSA) is 92.6 Å². The second-order valence-corrected chi connectivity index (χ2v) is 12.9. The number of nitrogens with zero attached hydrogens (tertiary/aromatic N) is 4. The van der Waals surface area contributed by atoms with E-state index in [-0.39, 0.29) is 29.1 Å². The van der Waals surface area contributed by atoms with Gasteiger partial charge in [-0.3, -0.25) is 14.2 Å². The lowest BCUT2D eigenvalue weighted by Crippen LogP contribution is -2.32. The molecule has 1 saturated heterocycles. The molecule has 5 rings (SSSR count). The van der Waals surface area contributed by atoms with Crippen molar-refractivity contribution in [3.8, 4) is 22.5 Å². The molecule has 2 aromatic carbocycles. The molecule has 0 unspecified atom stereocenters. The molecule has 0 radical (unpaired) electrons. The molecule has 1 amide bonds. The van der Waals surface area contributed by atoms with Crippen molar-refractivity contribution in [1.29, 1.82) is 0 Å². The highest BCUT2D eigenvalue weighted by molar-refractivity contribution is 7.88. The number of rotatable bonds is 8. The maximum absolute atomic E-state index is 13.0. The number of amides is 1. The third kappa shape index (κ3) is 5.73. The Kier molecular flexibility index (Phi) is 7.24. The van der Waals surface area contributed by atoms with E-state index in [1.807, 2.05) is 60.4 Å². The highest BCUT2D eigenvalue weighted by atomic mass is 32.2. The van der Waals surface area contributed by atoms with Crippen LogP contribution in [0.25, 0.3) is 22.5 Å². The van der Waals surface area contributed by atoms with E-state index in [4.69, 9.17) is 4.98 Å². The van der Waals surface area contributed by atoms with Gasteiger partial charge < -0.3 is 4.90 Å². The zero-order valence-electron chi connectivity index (χ0n) is 22.1. The molecule has 0 spiro atoms. The van der Waals surface area contributed by atoms with Gasteiger partial charge >= 0.3 is 0 Å². The molecule has 200 valence electrons. The summed E-state index contributed by atoms with van der Waals surface area (Å²) in [5.74, 6) is 1.26. The van der Waals surface area contributed by atoms with Gasteiger partial charge in [-0.1, -0.05) is 48.5 Å². The first-order chi connectivity index (χ1) is 18.1. The summed E-state index contributed by atoms with van der Waals surface area (Å²) in [6.45, 7) is 3.80. The van der Waals surface area contributed by atoms with Crippen LogP contribution in [-0.2, 0) is 27.1 Å². The molecule has 2 aliphatic rings. The number of hydrogen-bond donors (Lipinski definition) is 0. The highest BCUT2D eigenvalue weighted by Crippen LogP contribution is 2.33. The van der Waals surface area contributed by atoms with Crippen LogP contribution in [0.4, 0.5) is 0 Å². The lowest BCUT2D eigenvalue weighted by Gasteiger charge is -2.19. The first-order valence-corrected chi connectivity index (χ1v) is 14.7. The Balaban J connectivity index is 1.37. The average Bonchev–Trinajstić information content (AvgIpc) is 3.63. The Morgan fingerprint density at radius 1 is 1.00 bits per heavy atom. The molecule has 1 aliphatic heterocycles. The summed E-state index contributed by atoms with van der Waals surface area (Å²) in [5.41, 5.74) is 4.01. The number of sulfonamides is 1. The zero-order valence-corrected chi connectivity index (χ0v) is 22.9. The number of hydrogen-bond acceptors (Lipinski definition) is 5. The number of benzene rings is 2. The van der Waals surface area contributed by atoms with Crippen LogP contribution < -0.4 is 5.56 Å². The SMILES string of the molecule is Cc1cc(=O)n(C[C@@H]2CCN(C(=O)C3CC3)C2)c(-c2ccc(-c3cccc(CS(=O)(=O)N(C)C)c3)cc2)n1. The minimum Gasteiger partial charge on any atom is -0.342 e. The van der Waals surface area contributed by atoms with Crippen LogP contribution in [0.1, 0.15) is 30.5 Å². The van der Waals surface area contributed by atoms with Crippen molar-refractivity contribution in [3.63, 3.8) is 0 Å². The molecule has 0 bridgehead atoms. The van der Waals surface area contributed by atoms with Gasteiger partial charge in [0.2, 0.25) is 15.9 Å². The number of likely N-dealkylation sites (tertiary alicyclic amines) is 1. The lowest BCUT2D eigenvalue weighted by molar-refractivity contribution is -0.131. The van der Waals surface area contributed by atoms with Gasteiger partial charge in [0.25, 0.3) is 5.56 Å². The molecular formula is C29H34N4O4S. The van der Waals surface area contributed by atoms with Crippen LogP contribution >= 0.6 is 0 Å². The molecule has 9 heteroatoms. The van der Waals surface area contributed by atoms with Gasteiger partial charge in [-0.05, 0) is 48.8 Å². The molecule has 1 saturated carbocycles. The molecule has 1 atom stereocenters. The summed E-state index contributed by atoms with van der Waals surface area (Å²) in [6.07, 6.45) is 2.89. The van der Waals surface area contributed by atoms with Gasteiger partial charge in [-0.15, -0.1) is 0 Å². The Bertz CT molecular complexity index is 1510. The Morgan fingerprint density at radius 2 is 1.71 bits per heavy atom. The van der Waals surface area contributed by atoms with E-state index < -0.39 is 10.0 Å². The summed E-state index contributed by atoms with van der Waals surface area (Å²) in [4.78, 5) is 32.2. The van der Waals surface area contributed by atoms with Gasteiger partial charge in [0.1, 0.15) is 5.82 Å². The molecule has 2 heterocycles. The van der Waals surface area contributed by atoms with E-state index in [1.165, 1.54) is 18.4 Å². The van der Waals surface area contributed by atoms with E-state index in [0.29, 0.717) is 24.6 Å². The predicted molar refractivity (Wildman–Crippen MR) is 148 cm³/mol. The first kappa shape index (κ1) is 26.3. The fourth-order valence-electron chi connectivity index (χ4n) is 5.04. The quantitative estimate of drug-likeness (QED) is 0.441. The summed E-state index contributed by atoms with van der Waals surface area (Å²) in [7, 11) is -0.285. The Labute approximate surface area is 224 Å². The maximum atomic E-state index is 13.0. The largest absolute Gasteiger partial charge is 0.342 e. The van der Waals surface area contributed by atoms with Gasteiger partial charge in [-0.2, -0.15) is 0 Å². The minimum absolute atomic E-state index is 0.0593. The number of aryl methyl sites for hydroxylation is 1. The minimum atomic E-state index is -3.35. The fraction of sp³-hybridized carbons (Fsp3) is 0.414. The molecule has 1 aromatic heterocycles. The zero-order chi connectivity index (χ0) is 27.0. The van der Waals surface area contributed by atoms with E-state index >= 15 is 0 Å². The summed E-state index contributed by atoms with van der Waals surface area (Å²) in [6, 6.07) is 16.9. The number of aromatic nitrogens is 2. The second-order valence-electron chi connectivity index (χ2n) is 10.7. The van der Waals surface area contributed by atoms with Gasteiger partial charge in [0.05, 0.1) is 5.75 Å². The normalized spacial score (nSPS) is 17.8. The van der Waals surface area contributed by atoms with Crippen LogP contribution in [0.15, 0.2) is 59.4 Å². The van der Waals surface area contributed by atoms with Crippen LogP contribution in [-0.4, -0.2) is 60.3 Å². The van der Waals surface area contributed by atoms with E-state index in [9.17, 15) is 18.0 Å². The molecule has 8 nitrogen and oxygen atoms in total. The fourth-order valence-corrected chi connectivity index (χ4v) is 5.90. The third-order valence-electron chi connectivity index (χ3n) is 7.41. The number of carbonyl (C=O) groups is 1. The van der Waals surface area contributed by atoms with Crippen LogP contribution in [0.2, 0.25) is 0 Å². The van der Waals surface area contributed by atoms with Crippen molar-refractivity contribution in [2.24, 2.45) is 11.8 Å². The van der Waals surface area contributed by atoms with E-state index in [2.05, 4.69) is 0 Å². The monoisotopic (exact) mass is 534 g/mol. The predicted octanol–water partition coefficient (Wildman–Crippen LogP) is 3.54. The molecular weight excluding hydrogens is 500 g/mol. The smallest absolute Gasteiger partial charge is 0.253 e. The van der Waals surface area contributed by atoms with E-state index in [0.717, 1.165) is 48.1 Å². The van der Waals surface area contributed by atoms with Gasteiger partial charge in [0.15, 0.2) is 0 Å². The first-order valence-electron chi connectivity index (χ1n) is 13.1. The Morgan fingerprint density at radius 3 is 2.39 bits per heavy atom. The molecule has 3 aromatic rings. The second kappa shape index (κ2) is 10.5. The van der Waals surface area contributed by atoms with Crippen LogP contribution in [0.3, 0.4) is 0 Å². The Hall–Kier alpha value is -3.30.